The van der Waals surface area contributed by atoms with Crippen LogP contribution < -0.4 is 4.72 Å². The van der Waals surface area contributed by atoms with E-state index in [0.29, 0.717) is 11.1 Å². The van der Waals surface area contributed by atoms with Gasteiger partial charge in [-0.15, -0.1) is 0 Å². The number of hydrogen-bond donors (Lipinski definition) is 1. The Morgan fingerprint density at radius 2 is 1.74 bits per heavy atom. The number of imide groups is 1. The quantitative estimate of drug-likeness (QED) is 0.475. The number of likely N-dealkylation sites (tertiary alicyclic amines) is 1. The summed E-state index contributed by atoms with van der Waals surface area (Å²) in [6.45, 7) is 3.63. The summed E-state index contributed by atoms with van der Waals surface area (Å²) >= 11 is 0. The Morgan fingerprint density at radius 1 is 1.06 bits per heavy atom. The Morgan fingerprint density at radius 3 is 2.38 bits per heavy atom. The number of nitrogens with one attached hydrogen (secondary N) is 1. The van der Waals surface area contributed by atoms with Gasteiger partial charge in [-0.05, 0) is 62.1 Å². The molecule has 1 heterocycles. The smallest absolute Gasteiger partial charge is 0.338 e. The summed E-state index contributed by atoms with van der Waals surface area (Å²) in [6.07, 6.45) is 3.36. The maximum absolute atomic E-state index is 13.2. The molecule has 0 bridgehead atoms. The van der Waals surface area contributed by atoms with Gasteiger partial charge in [0, 0.05) is 5.69 Å². The summed E-state index contributed by atoms with van der Waals surface area (Å²) in [5, 5.41) is 0. The minimum atomic E-state index is -3.99. The van der Waals surface area contributed by atoms with Crippen molar-refractivity contribution in [2.75, 3.05) is 11.3 Å². The van der Waals surface area contributed by atoms with E-state index in [-0.39, 0.29) is 52.9 Å². The van der Waals surface area contributed by atoms with E-state index in [1.54, 1.807) is 44.2 Å². The molecule has 2 aromatic rings. The molecule has 8 nitrogen and oxygen atoms in total. The van der Waals surface area contributed by atoms with Crippen LogP contribution in [0.1, 0.15) is 54.1 Å². The topological polar surface area (TPSA) is 110 Å². The number of carbonyl (C=O) groups excluding carboxylic acids is 3. The second-order valence-electron chi connectivity index (χ2n) is 8.77. The molecule has 1 N–H and O–H groups in total. The largest absolute Gasteiger partial charge is 0.462 e. The summed E-state index contributed by atoms with van der Waals surface area (Å²) in [5.74, 6) is -1.35. The van der Waals surface area contributed by atoms with Gasteiger partial charge in [-0.1, -0.05) is 31.0 Å². The molecule has 0 unspecified atom stereocenters. The number of carbonyl (C=O) groups is 3. The highest BCUT2D eigenvalue weighted by Crippen LogP contribution is 2.38. The van der Waals surface area contributed by atoms with Gasteiger partial charge in [-0.25, -0.2) is 13.2 Å². The molecule has 2 amide bonds. The van der Waals surface area contributed by atoms with Crippen LogP contribution in [-0.4, -0.2) is 37.7 Å². The third kappa shape index (κ3) is 4.70. The standard InChI is InChI=1S/C25H28N2O6S/c1-3-33-25(30)18-7-6-8-19(14-18)26-34(31,32)22-13-17(12-11-16(22)2)15-27-23(28)20-9-4-5-10-21(20)24(27)29/h6-8,11-14,20-21,26H,3-5,9-10,15H2,1-2H3/t20-,21-/m0/s1. The minimum absolute atomic E-state index is 0.0445. The minimum Gasteiger partial charge on any atom is -0.462 e. The van der Waals surface area contributed by atoms with Crippen molar-refractivity contribution in [2.24, 2.45) is 11.8 Å². The van der Waals surface area contributed by atoms with E-state index < -0.39 is 16.0 Å². The van der Waals surface area contributed by atoms with Crippen molar-refractivity contribution in [3.05, 3.63) is 59.2 Å². The van der Waals surface area contributed by atoms with E-state index >= 15 is 0 Å². The van der Waals surface area contributed by atoms with Crippen molar-refractivity contribution in [1.29, 1.82) is 0 Å². The van der Waals surface area contributed by atoms with Crippen LogP contribution in [0.2, 0.25) is 0 Å². The molecule has 1 aliphatic heterocycles. The van der Waals surface area contributed by atoms with Crippen molar-refractivity contribution in [3.8, 4) is 0 Å². The molecule has 180 valence electrons. The van der Waals surface area contributed by atoms with Gasteiger partial charge in [0.1, 0.15) is 0 Å². The molecule has 2 atom stereocenters. The number of rotatable bonds is 7. The number of aryl methyl sites for hydroxylation is 1. The molecule has 4 rings (SSSR count). The maximum atomic E-state index is 13.2. The zero-order valence-corrected chi connectivity index (χ0v) is 20.1. The number of hydrogen-bond acceptors (Lipinski definition) is 6. The number of fused-ring (bicyclic) bond motifs is 1. The lowest BCUT2D eigenvalue weighted by Crippen LogP contribution is -2.30. The second-order valence-corrected chi connectivity index (χ2v) is 10.4. The van der Waals surface area contributed by atoms with Crippen molar-refractivity contribution < 1.29 is 27.5 Å². The molecule has 1 saturated heterocycles. The molecule has 0 aromatic heterocycles. The Labute approximate surface area is 199 Å². The SMILES string of the molecule is CCOC(=O)c1cccc(NS(=O)(=O)c2cc(CN3C(=O)[C@H]4CCCC[C@@H]4C3=O)ccc2C)c1. The molecule has 9 heteroatoms. The first-order chi connectivity index (χ1) is 16.2. The first-order valence-electron chi connectivity index (χ1n) is 11.5. The highest BCUT2D eigenvalue weighted by atomic mass is 32.2. The molecular formula is C25H28N2O6S. The Kier molecular flexibility index (Phi) is 6.74. The number of amides is 2. The predicted molar refractivity (Wildman–Crippen MR) is 125 cm³/mol. The first kappa shape index (κ1) is 23.9. The molecule has 2 fully saturated rings. The number of benzene rings is 2. The number of ether oxygens (including phenoxy) is 1. The van der Waals surface area contributed by atoms with E-state index in [2.05, 4.69) is 4.72 Å². The summed E-state index contributed by atoms with van der Waals surface area (Å²) in [6, 6.07) is 11.0. The molecule has 0 radical (unpaired) electrons. The van der Waals surface area contributed by atoms with Gasteiger partial charge in [0.25, 0.3) is 10.0 Å². The third-order valence-electron chi connectivity index (χ3n) is 6.44. The Hall–Kier alpha value is -3.20. The van der Waals surface area contributed by atoms with E-state index in [9.17, 15) is 22.8 Å². The van der Waals surface area contributed by atoms with Crippen LogP contribution in [0.5, 0.6) is 0 Å². The lowest BCUT2D eigenvalue weighted by molar-refractivity contribution is -0.140. The summed E-state index contributed by atoms with van der Waals surface area (Å²) < 4.78 is 33.8. The molecule has 0 spiro atoms. The van der Waals surface area contributed by atoms with Gasteiger partial charge in [-0.3, -0.25) is 19.2 Å². The van der Waals surface area contributed by atoms with E-state index in [1.165, 1.54) is 17.0 Å². The molecule has 1 aliphatic carbocycles. The Balaban J connectivity index is 1.56. The molecule has 2 aromatic carbocycles. The van der Waals surface area contributed by atoms with Gasteiger partial charge in [-0.2, -0.15) is 0 Å². The average Bonchev–Trinajstić information content (AvgIpc) is 3.05. The van der Waals surface area contributed by atoms with Gasteiger partial charge < -0.3 is 4.74 Å². The summed E-state index contributed by atoms with van der Waals surface area (Å²) in [7, 11) is -3.99. The first-order valence-corrected chi connectivity index (χ1v) is 12.9. The number of esters is 1. The fraction of sp³-hybridized carbons (Fsp3) is 0.400. The number of nitrogens with zero attached hydrogens (tertiary/aromatic N) is 1. The normalized spacial score (nSPS) is 20.2. The van der Waals surface area contributed by atoms with Crippen LogP contribution in [0.15, 0.2) is 47.4 Å². The molecule has 1 saturated carbocycles. The highest BCUT2D eigenvalue weighted by molar-refractivity contribution is 7.92. The van der Waals surface area contributed by atoms with Crippen molar-refractivity contribution in [1.82, 2.24) is 4.90 Å². The highest BCUT2D eigenvalue weighted by Gasteiger charge is 2.47. The van der Waals surface area contributed by atoms with Gasteiger partial charge in [0.2, 0.25) is 11.8 Å². The van der Waals surface area contributed by atoms with E-state index in [0.717, 1.165) is 25.7 Å². The summed E-state index contributed by atoms with van der Waals surface area (Å²) in [5.41, 5.74) is 1.54. The van der Waals surface area contributed by atoms with Crippen LogP contribution in [0.3, 0.4) is 0 Å². The third-order valence-corrected chi connectivity index (χ3v) is 7.96. The van der Waals surface area contributed by atoms with Gasteiger partial charge in [0.15, 0.2) is 0 Å². The van der Waals surface area contributed by atoms with Crippen LogP contribution >= 0.6 is 0 Å². The second kappa shape index (κ2) is 9.58. The Bertz CT molecular complexity index is 1220. The monoisotopic (exact) mass is 484 g/mol. The average molecular weight is 485 g/mol. The zero-order valence-electron chi connectivity index (χ0n) is 19.2. The number of sulfonamides is 1. The van der Waals surface area contributed by atoms with Gasteiger partial charge >= 0.3 is 5.97 Å². The fourth-order valence-corrected chi connectivity index (χ4v) is 6.08. The van der Waals surface area contributed by atoms with Crippen LogP contribution in [0, 0.1) is 18.8 Å². The lowest BCUT2D eigenvalue weighted by Gasteiger charge is -2.19. The molecule has 2 aliphatic rings. The summed E-state index contributed by atoms with van der Waals surface area (Å²) in [4.78, 5) is 38.9. The van der Waals surface area contributed by atoms with Gasteiger partial charge in [0.05, 0.1) is 35.4 Å². The van der Waals surface area contributed by atoms with E-state index in [1.807, 2.05) is 0 Å². The zero-order chi connectivity index (χ0) is 24.5. The fourth-order valence-electron chi connectivity index (χ4n) is 4.74. The van der Waals surface area contributed by atoms with Crippen molar-refractivity contribution >= 4 is 33.5 Å². The van der Waals surface area contributed by atoms with Crippen molar-refractivity contribution in [3.63, 3.8) is 0 Å². The molecule has 34 heavy (non-hydrogen) atoms. The van der Waals surface area contributed by atoms with E-state index in [4.69, 9.17) is 4.74 Å². The van der Waals surface area contributed by atoms with Crippen molar-refractivity contribution in [2.45, 2.75) is 51.0 Å². The van der Waals surface area contributed by atoms with Crippen LogP contribution in [-0.2, 0) is 30.9 Å². The lowest BCUT2D eigenvalue weighted by atomic mass is 9.81. The maximum Gasteiger partial charge on any atom is 0.338 e. The van der Waals surface area contributed by atoms with Crippen LogP contribution in [0.4, 0.5) is 5.69 Å². The molecular weight excluding hydrogens is 456 g/mol. The predicted octanol–water partition coefficient (Wildman–Crippen LogP) is 3.65. The van der Waals surface area contributed by atoms with Crippen LogP contribution in [0.25, 0.3) is 0 Å². The number of anilines is 1.